The zero-order valence-corrected chi connectivity index (χ0v) is 22.4. The van der Waals surface area contributed by atoms with Crippen molar-refractivity contribution in [3.8, 4) is 22.6 Å². The van der Waals surface area contributed by atoms with E-state index in [1.165, 1.54) is 24.3 Å². The monoisotopic (exact) mass is 535 g/mol. The Labute approximate surface area is 221 Å². The summed E-state index contributed by atoms with van der Waals surface area (Å²) in [7, 11) is -2.40. The molecular weight excluding hydrogens is 506 g/mol. The number of fused-ring (bicyclic) bond motifs is 1. The van der Waals surface area contributed by atoms with Crippen LogP contribution in [0.5, 0.6) is 11.5 Å². The maximum atomic E-state index is 13.2. The molecule has 1 N–H and O–H groups in total. The van der Waals surface area contributed by atoms with E-state index in [9.17, 15) is 18.0 Å². The highest BCUT2D eigenvalue weighted by molar-refractivity contribution is 7.89. The summed E-state index contributed by atoms with van der Waals surface area (Å²) in [5.41, 5.74) is 2.03. The van der Waals surface area contributed by atoms with E-state index in [0.717, 1.165) is 11.1 Å². The Hall–Kier alpha value is -3.95. The van der Waals surface area contributed by atoms with Crippen molar-refractivity contribution in [2.24, 2.45) is 5.92 Å². The van der Waals surface area contributed by atoms with Crippen LogP contribution in [0.3, 0.4) is 0 Å². The Morgan fingerprint density at radius 1 is 0.974 bits per heavy atom. The molecule has 0 radical (unpaired) electrons. The van der Waals surface area contributed by atoms with Crippen LogP contribution >= 0.6 is 0 Å². The predicted octanol–water partition coefficient (Wildman–Crippen LogP) is 5.08. The largest absolute Gasteiger partial charge is 0.497 e. The number of carbonyl (C=O) groups is 1. The molecule has 9 heteroatoms. The molecule has 0 aliphatic carbocycles. The van der Waals surface area contributed by atoms with Gasteiger partial charge in [-0.05, 0) is 60.4 Å². The van der Waals surface area contributed by atoms with Crippen LogP contribution in [0.25, 0.3) is 22.1 Å². The van der Waals surface area contributed by atoms with E-state index in [0.29, 0.717) is 23.1 Å². The second-order valence-corrected chi connectivity index (χ2v) is 10.8. The number of aryl methyl sites for hydroxylation is 1. The molecule has 4 rings (SSSR count). The first-order valence-electron chi connectivity index (χ1n) is 12.1. The van der Waals surface area contributed by atoms with Gasteiger partial charge in [0.25, 0.3) is 0 Å². The van der Waals surface area contributed by atoms with Crippen molar-refractivity contribution in [3.05, 3.63) is 88.8 Å². The summed E-state index contributed by atoms with van der Waals surface area (Å²) in [5.74, 6) is -0.296. The third kappa shape index (κ3) is 5.95. The first kappa shape index (κ1) is 27.1. The average Bonchev–Trinajstić information content (AvgIpc) is 2.91. The molecule has 0 aliphatic heterocycles. The van der Waals surface area contributed by atoms with Gasteiger partial charge in [0.1, 0.15) is 23.1 Å². The lowest BCUT2D eigenvalue weighted by Gasteiger charge is -2.22. The molecule has 198 valence electrons. The number of ether oxygens (including phenoxy) is 2. The maximum absolute atomic E-state index is 13.2. The summed E-state index contributed by atoms with van der Waals surface area (Å²) >= 11 is 0. The Bertz CT molecular complexity index is 1610. The molecule has 1 heterocycles. The number of rotatable bonds is 9. The van der Waals surface area contributed by atoms with Crippen LogP contribution in [0.1, 0.15) is 25.8 Å². The van der Waals surface area contributed by atoms with Crippen LogP contribution in [-0.4, -0.2) is 27.5 Å². The first-order valence-corrected chi connectivity index (χ1v) is 13.6. The summed E-state index contributed by atoms with van der Waals surface area (Å²) in [5, 5.41) is 0.646. The minimum atomic E-state index is -3.97. The molecule has 0 spiro atoms. The predicted molar refractivity (Wildman–Crippen MR) is 145 cm³/mol. The van der Waals surface area contributed by atoms with Crippen molar-refractivity contribution < 1.29 is 27.1 Å². The van der Waals surface area contributed by atoms with Crippen LogP contribution in [0.2, 0.25) is 0 Å². The van der Waals surface area contributed by atoms with Gasteiger partial charge >= 0.3 is 11.6 Å². The highest BCUT2D eigenvalue weighted by Gasteiger charge is 2.31. The molecule has 8 nitrogen and oxygen atoms in total. The van der Waals surface area contributed by atoms with Gasteiger partial charge in [0.2, 0.25) is 10.0 Å². The van der Waals surface area contributed by atoms with Gasteiger partial charge in [-0.25, -0.2) is 18.0 Å². The van der Waals surface area contributed by atoms with Gasteiger partial charge in [0.15, 0.2) is 0 Å². The maximum Gasteiger partial charge on any atom is 0.336 e. The number of methoxy groups -OCH3 is 1. The van der Waals surface area contributed by atoms with Gasteiger partial charge in [-0.15, -0.1) is 0 Å². The normalized spacial score (nSPS) is 13.2. The van der Waals surface area contributed by atoms with E-state index in [1.807, 2.05) is 26.0 Å². The lowest BCUT2D eigenvalue weighted by molar-refractivity contribution is -0.137. The molecule has 3 aromatic carbocycles. The van der Waals surface area contributed by atoms with E-state index in [-0.39, 0.29) is 22.1 Å². The molecule has 4 aromatic rings. The van der Waals surface area contributed by atoms with Gasteiger partial charge in [0, 0.05) is 17.5 Å². The number of hydrogen-bond donors (Lipinski definition) is 1. The molecular formula is C29H29NO7S. The quantitative estimate of drug-likeness (QED) is 0.181. The smallest absolute Gasteiger partial charge is 0.336 e. The highest BCUT2D eigenvalue weighted by atomic mass is 32.2. The van der Waals surface area contributed by atoms with Crippen molar-refractivity contribution in [3.63, 3.8) is 0 Å². The minimum Gasteiger partial charge on any atom is -0.497 e. The first-order chi connectivity index (χ1) is 18.1. The number of esters is 1. The number of benzene rings is 3. The highest BCUT2D eigenvalue weighted by Crippen LogP contribution is 2.31. The standard InChI is InChI=1S/C29H29NO7S/c1-5-19(3)28(30-38(33,34)23-13-6-18(2)7-14-23)29(32)36-22-12-15-24-25(17-27(31)37-26(24)16-22)20-8-10-21(35-4)11-9-20/h6-17,19,28,30H,5H2,1-4H3/t19-,28+/m0/s1. The lowest BCUT2D eigenvalue weighted by Crippen LogP contribution is -2.46. The van der Waals surface area contributed by atoms with Gasteiger partial charge < -0.3 is 13.9 Å². The third-order valence-electron chi connectivity index (χ3n) is 6.42. The van der Waals surface area contributed by atoms with Crippen molar-refractivity contribution in [2.75, 3.05) is 7.11 Å². The van der Waals surface area contributed by atoms with E-state index in [1.54, 1.807) is 50.4 Å². The third-order valence-corrected chi connectivity index (χ3v) is 7.87. The average molecular weight is 536 g/mol. The van der Waals surface area contributed by atoms with Gasteiger partial charge in [-0.3, -0.25) is 0 Å². The second-order valence-electron chi connectivity index (χ2n) is 9.08. The number of hydrogen-bond acceptors (Lipinski definition) is 7. The molecule has 0 fully saturated rings. The number of nitrogens with one attached hydrogen (secondary N) is 1. The summed E-state index contributed by atoms with van der Waals surface area (Å²) in [6.07, 6.45) is 0.536. The SMILES string of the molecule is CC[C@H](C)[C@@H](NS(=O)(=O)c1ccc(C)cc1)C(=O)Oc1ccc2c(-c3ccc(OC)cc3)cc(=O)oc2c1. The summed E-state index contributed by atoms with van der Waals surface area (Å²) < 4.78 is 44.6. The summed E-state index contributed by atoms with van der Waals surface area (Å²) in [4.78, 5) is 25.5. The fraction of sp³-hybridized carbons (Fsp3) is 0.241. The minimum absolute atomic E-state index is 0.0581. The Morgan fingerprint density at radius 2 is 1.63 bits per heavy atom. The fourth-order valence-corrected chi connectivity index (χ4v) is 5.27. The fourth-order valence-electron chi connectivity index (χ4n) is 3.98. The van der Waals surface area contributed by atoms with Crippen LogP contribution in [0, 0.1) is 12.8 Å². The molecule has 0 bridgehead atoms. The van der Waals surface area contributed by atoms with Crippen LogP contribution in [-0.2, 0) is 14.8 Å². The van der Waals surface area contributed by atoms with Gasteiger partial charge in [0.05, 0.1) is 12.0 Å². The number of carbonyl (C=O) groups excluding carboxylic acids is 1. The molecule has 0 saturated carbocycles. The van der Waals surface area contributed by atoms with E-state index in [2.05, 4.69) is 4.72 Å². The Balaban J connectivity index is 1.62. The van der Waals surface area contributed by atoms with Crippen molar-refractivity contribution in [1.82, 2.24) is 4.72 Å². The Kier molecular flexibility index (Phi) is 7.99. The van der Waals surface area contributed by atoms with Gasteiger partial charge in [-0.2, -0.15) is 4.72 Å². The van der Waals surface area contributed by atoms with E-state index < -0.39 is 27.7 Å². The molecule has 0 amide bonds. The van der Waals surface area contributed by atoms with Crippen LogP contribution in [0.15, 0.2) is 86.9 Å². The molecule has 0 aliphatic rings. The van der Waals surface area contributed by atoms with Crippen molar-refractivity contribution in [2.45, 2.75) is 38.1 Å². The molecule has 0 saturated heterocycles. The molecule has 38 heavy (non-hydrogen) atoms. The van der Waals surface area contributed by atoms with Crippen molar-refractivity contribution >= 4 is 27.0 Å². The van der Waals surface area contributed by atoms with Crippen LogP contribution in [0.4, 0.5) is 0 Å². The van der Waals surface area contributed by atoms with Gasteiger partial charge in [-0.1, -0.05) is 50.1 Å². The summed E-state index contributed by atoms with van der Waals surface area (Å²) in [6.45, 7) is 5.48. The molecule has 1 aromatic heterocycles. The van der Waals surface area contributed by atoms with E-state index >= 15 is 0 Å². The van der Waals surface area contributed by atoms with E-state index in [4.69, 9.17) is 13.9 Å². The zero-order chi connectivity index (χ0) is 27.4. The Morgan fingerprint density at radius 3 is 2.26 bits per heavy atom. The lowest BCUT2D eigenvalue weighted by atomic mass is 10.0. The van der Waals surface area contributed by atoms with Crippen molar-refractivity contribution in [1.29, 1.82) is 0 Å². The molecule has 2 atom stereocenters. The topological polar surface area (TPSA) is 112 Å². The van der Waals surface area contributed by atoms with Crippen LogP contribution < -0.4 is 19.8 Å². The second kappa shape index (κ2) is 11.2. The summed E-state index contributed by atoms with van der Waals surface area (Å²) in [6, 6.07) is 18.6. The zero-order valence-electron chi connectivity index (χ0n) is 21.6. The number of sulfonamides is 1. The molecule has 0 unspecified atom stereocenters.